The first-order valence-corrected chi connectivity index (χ1v) is 6.56. The number of aromatic nitrogens is 3. The molecule has 0 amide bonds. The number of nitrogens with one attached hydrogen (secondary N) is 1. The standard InChI is InChI=1S/C12H14ClN5O/c13-9-1-2-10(15-7-9)12-16-11(19-17-12)8-18-5-3-14-4-6-18/h1-2,7,14H,3-6,8H2. The molecular formula is C12H14ClN5O. The fourth-order valence-corrected chi connectivity index (χ4v) is 2.10. The number of rotatable bonds is 3. The number of pyridine rings is 1. The molecule has 1 saturated heterocycles. The summed E-state index contributed by atoms with van der Waals surface area (Å²) in [6.07, 6.45) is 1.57. The zero-order chi connectivity index (χ0) is 13.1. The van der Waals surface area contributed by atoms with E-state index in [4.69, 9.17) is 16.1 Å². The highest BCUT2D eigenvalue weighted by atomic mass is 35.5. The average Bonchev–Trinajstić information content (AvgIpc) is 2.89. The maximum Gasteiger partial charge on any atom is 0.241 e. The highest BCUT2D eigenvalue weighted by Gasteiger charge is 2.15. The number of piperazine rings is 1. The van der Waals surface area contributed by atoms with Gasteiger partial charge in [-0.05, 0) is 12.1 Å². The molecule has 0 unspecified atom stereocenters. The monoisotopic (exact) mass is 279 g/mol. The lowest BCUT2D eigenvalue weighted by Crippen LogP contribution is -2.42. The van der Waals surface area contributed by atoms with Crippen molar-refractivity contribution in [3.05, 3.63) is 29.2 Å². The largest absolute Gasteiger partial charge is 0.337 e. The van der Waals surface area contributed by atoms with E-state index in [1.54, 1.807) is 18.3 Å². The first-order chi connectivity index (χ1) is 9.31. The second-order valence-electron chi connectivity index (χ2n) is 4.40. The Balaban J connectivity index is 1.70. The number of hydrogen-bond acceptors (Lipinski definition) is 6. The predicted octanol–water partition coefficient (Wildman–Crippen LogP) is 1.19. The molecule has 1 N–H and O–H groups in total. The molecule has 0 aliphatic carbocycles. The summed E-state index contributed by atoms with van der Waals surface area (Å²) in [5, 5.41) is 7.84. The van der Waals surface area contributed by atoms with E-state index < -0.39 is 0 Å². The van der Waals surface area contributed by atoms with Crippen LogP contribution >= 0.6 is 11.6 Å². The van der Waals surface area contributed by atoms with Gasteiger partial charge in [-0.1, -0.05) is 16.8 Å². The minimum Gasteiger partial charge on any atom is -0.337 e. The van der Waals surface area contributed by atoms with Crippen molar-refractivity contribution in [3.8, 4) is 11.5 Å². The van der Waals surface area contributed by atoms with Crippen molar-refractivity contribution in [3.63, 3.8) is 0 Å². The van der Waals surface area contributed by atoms with Crippen LogP contribution in [0.2, 0.25) is 5.02 Å². The van der Waals surface area contributed by atoms with Gasteiger partial charge < -0.3 is 9.84 Å². The smallest absolute Gasteiger partial charge is 0.241 e. The Morgan fingerprint density at radius 2 is 2.16 bits per heavy atom. The molecule has 19 heavy (non-hydrogen) atoms. The van der Waals surface area contributed by atoms with Crippen molar-refractivity contribution >= 4 is 11.6 Å². The lowest BCUT2D eigenvalue weighted by molar-refractivity contribution is 0.203. The van der Waals surface area contributed by atoms with Gasteiger partial charge >= 0.3 is 0 Å². The van der Waals surface area contributed by atoms with Crippen LogP contribution in [0.4, 0.5) is 0 Å². The number of hydrogen-bond donors (Lipinski definition) is 1. The van der Waals surface area contributed by atoms with Gasteiger partial charge in [0, 0.05) is 32.4 Å². The molecule has 0 spiro atoms. The first kappa shape index (κ1) is 12.5. The first-order valence-electron chi connectivity index (χ1n) is 6.19. The van der Waals surface area contributed by atoms with Crippen LogP contribution < -0.4 is 5.32 Å². The van der Waals surface area contributed by atoms with Crippen molar-refractivity contribution in [1.29, 1.82) is 0 Å². The van der Waals surface area contributed by atoms with E-state index in [2.05, 4.69) is 25.3 Å². The van der Waals surface area contributed by atoms with Gasteiger partial charge in [0.1, 0.15) is 5.69 Å². The van der Waals surface area contributed by atoms with Crippen molar-refractivity contribution in [2.45, 2.75) is 6.54 Å². The van der Waals surface area contributed by atoms with Gasteiger partial charge in [0.05, 0.1) is 11.6 Å². The van der Waals surface area contributed by atoms with E-state index in [1.165, 1.54) is 0 Å². The normalized spacial score (nSPS) is 16.7. The van der Waals surface area contributed by atoms with Crippen LogP contribution in [-0.4, -0.2) is 46.2 Å². The predicted molar refractivity (Wildman–Crippen MR) is 70.7 cm³/mol. The van der Waals surface area contributed by atoms with E-state index >= 15 is 0 Å². The van der Waals surface area contributed by atoms with Gasteiger partial charge in [-0.2, -0.15) is 4.98 Å². The summed E-state index contributed by atoms with van der Waals surface area (Å²) in [6.45, 7) is 4.68. The molecule has 3 heterocycles. The second-order valence-corrected chi connectivity index (χ2v) is 4.84. The molecule has 1 fully saturated rings. The Bertz CT molecular complexity index is 535. The fourth-order valence-electron chi connectivity index (χ4n) is 1.99. The maximum atomic E-state index is 5.79. The maximum absolute atomic E-state index is 5.79. The Morgan fingerprint density at radius 3 is 2.89 bits per heavy atom. The molecule has 0 aromatic carbocycles. The third-order valence-electron chi connectivity index (χ3n) is 2.99. The molecule has 3 rings (SSSR count). The molecule has 0 radical (unpaired) electrons. The Kier molecular flexibility index (Phi) is 3.72. The molecular weight excluding hydrogens is 266 g/mol. The Morgan fingerprint density at radius 1 is 1.32 bits per heavy atom. The van der Waals surface area contributed by atoms with E-state index in [0.29, 0.717) is 29.0 Å². The fraction of sp³-hybridized carbons (Fsp3) is 0.417. The van der Waals surface area contributed by atoms with E-state index in [9.17, 15) is 0 Å². The van der Waals surface area contributed by atoms with E-state index in [1.807, 2.05) is 0 Å². The van der Waals surface area contributed by atoms with E-state index in [-0.39, 0.29) is 0 Å². The van der Waals surface area contributed by atoms with E-state index in [0.717, 1.165) is 26.2 Å². The minimum absolute atomic E-state index is 0.502. The van der Waals surface area contributed by atoms with Crippen molar-refractivity contribution in [2.24, 2.45) is 0 Å². The van der Waals surface area contributed by atoms with Gasteiger partial charge in [-0.3, -0.25) is 9.88 Å². The molecule has 0 atom stereocenters. The molecule has 7 heteroatoms. The van der Waals surface area contributed by atoms with Crippen LogP contribution in [0, 0.1) is 0 Å². The van der Waals surface area contributed by atoms with Gasteiger partial charge in [0.15, 0.2) is 0 Å². The number of halogens is 1. The third-order valence-corrected chi connectivity index (χ3v) is 3.22. The summed E-state index contributed by atoms with van der Waals surface area (Å²) in [7, 11) is 0. The van der Waals surface area contributed by atoms with Crippen molar-refractivity contribution in [1.82, 2.24) is 25.3 Å². The molecule has 2 aromatic rings. The number of nitrogens with zero attached hydrogens (tertiary/aromatic N) is 4. The zero-order valence-corrected chi connectivity index (χ0v) is 11.1. The zero-order valence-electron chi connectivity index (χ0n) is 10.3. The molecule has 1 aliphatic rings. The van der Waals surface area contributed by atoms with Crippen LogP contribution in [0.25, 0.3) is 11.5 Å². The van der Waals surface area contributed by atoms with Crippen molar-refractivity contribution in [2.75, 3.05) is 26.2 Å². The minimum atomic E-state index is 0.502. The SMILES string of the molecule is Clc1ccc(-c2noc(CN3CCNCC3)n2)nc1. The third kappa shape index (κ3) is 3.09. The lowest BCUT2D eigenvalue weighted by Gasteiger charge is -2.25. The summed E-state index contributed by atoms with van der Waals surface area (Å²) in [6, 6.07) is 3.54. The summed E-state index contributed by atoms with van der Waals surface area (Å²) in [4.78, 5) is 10.8. The lowest BCUT2D eigenvalue weighted by atomic mass is 10.3. The summed E-state index contributed by atoms with van der Waals surface area (Å²) >= 11 is 5.79. The molecule has 0 bridgehead atoms. The Hall–Kier alpha value is -1.50. The van der Waals surface area contributed by atoms with Crippen LogP contribution in [0.5, 0.6) is 0 Å². The van der Waals surface area contributed by atoms with Gasteiger partial charge in [0.25, 0.3) is 0 Å². The highest BCUT2D eigenvalue weighted by Crippen LogP contribution is 2.16. The van der Waals surface area contributed by atoms with Crippen LogP contribution in [-0.2, 0) is 6.54 Å². The molecule has 2 aromatic heterocycles. The van der Waals surface area contributed by atoms with Crippen LogP contribution in [0.3, 0.4) is 0 Å². The average molecular weight is 280 g/mol. The topological polar surface area (TPSA) is 67.1 Å². The molecule has 0 saturated carbocycles. The van der Waals surface area contributed by atoms with Gasteiger partial charge in [-0.25, -0.2) is 0 Å². The molecule has 100 valence electrons. The highest BCUT2D eigenvalue weighted by molar-refractivity contribution is 6.30. The quantitative estimate of drug-likeness (QED) is 0.910. The summed E-state index contributed by atoms with van der Waals surface area (Å²) in [5.41, 5.74) is 0.666. The van der Waals surface area contributed by atoms with Gasteiger partial charge in [0.2, 0.25) is 11.7 Å². The Labute approximate surface area is 115 Å². The van der Waals surface area contributed by atoms with Crippen LogP contribution in [0.15, 0.2) is 22.9 Å². The van der Waals surface area contributed by atoms with Crippen molar-refractivity contribution < 1.29 is 4.52 Å². The summed E-state index contributed by atoms with van der Waals surface area (Å²) in [5.74, 6) is 1.12. The second kappa shape index (κ2) is 5.64. The summed E-state index contributed by atoms with van der Waals surface area (Å²) < 4.78 is 5.26. The van der Waals surface area contributed by atoms with Crippen LogP contribution in [0.1, 0.15) is 5.89 Å². The van der Waals surface area contributed by atoms with Gasteiger partial charge in [-0.15, -0.1) is 0 Å². The molecule has 6 nitrogen and oxygen atoms in total. The molecule has 1 aliphatic heterocycles.